The van der Waals surface area contributed by atoms with Crippen LogP contribution >= 0.6 is 11.8 Å². The Kier molecular flexibility index (Phi) is 7.79. The fourth-order valence-corrected chi connectivity index (χ4v) is 3.69. The molecule has 0 spiro atoms. The Bertz CT molecular complexity index is 781. The highest BCUT2D eigenvalue weighted by Gasteiger charge is 2.30. The molecule has 1 aromatic rings. The number of aliphatic hydroxyl groups is 1. The second kappa shape index (κ2) is 9.86. The maximum absolute atomic E-state index is 12.8. The molecule has 2 unspecified atom stereocenters. The first-order valence-electron chi connectivity index (χ1n) is 8.94. The molecule has 7 nitrogen and oxygen atoms in total. The average Bonchev–Trinajstić information content (AvgIpc) is 2.71. The predicted molar refractivity (Wildman–Crippen MR) is 107 cm³/mol. The van der Waals surface area contributed by atoms with Crippen molar-refractivity contribution in [2.75, 3.05) is 20.0 Å². The zero-order chi connectivity index (χ0) is 20.8. The second-order valence-electron chi connectivity index (χ2n) is 6.48. The van der Waals surface area contributed by atoms with Gasteiger partial charge in [-0.05, 0) is 12.0 Å². The summed E-state index contributed by atoms with van der Waals surface area (Å²) < 4.78 is 10.1. The molecule has 0 saturated heterocycles. The zero-order valence-electron chi connectivity index (χ0n) is 16.4. The maximum atomic E-state index is 12.8. The number of aliphatic hydroxyl groups excluding tert-OH is 1. The minimum atomic E-state index is -1.13. The van der Waals surface area contributed by atoms with Crippen LogP contribution in [0, 0.1) is 5.92 Å². The first-order valence-corrected chi connectivity index (χ1v) is 9.93. The number of nitrogens with one attached hydrogen (secondary N) is 1. The van der Waals surface area contributed by atoms with E-state index in [4.69, 9.17) is 9.47 Å². The normalized spacial score (nSPS) is 16.7. The van der Waals surface area contributed by atoms with Gasteiger partial charge in [-0.3, -0.25) is 14.4 Å². The number of rotatable bonds is 9. The van der Waals surface area contributed by atoms with Crippen LogP contribution in [0.3, 0.4) is 0 Å². The van der Waals surface area contributed by atoms with Crippen LogP contribution in [0.2, 0.25) is 0 Å². The van der Waals surface area contributed by atoms with Crippen LogP contribution in [0.4, 0.5) is 0 Å². The van der Waals surface area contributed by atoms with Gasteiger partial charge in [0.2, 0.25) is 11.7 Å². The standard InChI is InChI=1S/C20H25NO6S/c1-5-11(2)18(20(25)27-4)21-16(23)10-28-15-9-13(22)12-7-6-8-14(26-3)17(12)19(15)24/h6-9,11,18,20,25H,5,10H2,1-4H3,(H,21,23)/t11?,18-,20?/m0/s1. The van der Waals surface area contributed by atoms with Crippen LogP contribution in [0.15, 0.2) is 29.2 Å². The molecule has 1 aliphatic carbocycles. The van der Waals surface area contributed by atoms with Gasteiger partial charge in [-0.25, -0.2) is 0 Å². The van der Waals surface area contributed by atoms with Gasteiger partial charge in [0.25, 0.3) is 0 Å². The Balaban J connectivity index is 2.09. The maximum Gasteiger partial charge on any atom is 0.230 e. The van der Waals surface area contributed by atoms with Crippen molar-refractivity contribution >= 4 is 29.2 Å². The number of amides is 1. The summed E-state index contributed by atoms with van der Waals surface area (Å²) in [6.07, 6.45) is 0.864. The second-order valence-corrected chi connectivity index (χ2v) is 7.50. The molecule has 1 amide bonds. The Morgan fingerprint density at radius 3 is 2.61 bits per heavy atom. The summed E-state index contributed by atoms with van der Waals surface area (Å²) in [7, 11) is 2.80. The molecular weight excluding hydrogens is 382 g/mol. The number of Topliss-reactive ketones (excluding diaryl/α,β-unsaturated/α-hetero) is 1. The zero-order valence-corrected chi connectivity index (χ0v) is 17.2. The number of ketones is 2. The van der Waals surface area contributed by atoms with Crippen LogP contribution in [0.5, 0.6) is 5.75 Å². The van der Waals surface area contributed by atoms with Gasteiger partial charge in [-0.1, -0.05) is 32.4 Å². The molecular formula is C20H25NO6S. The van der Waals surface area contributed by atoms with Gasteiger partial charge in [-0.15, -0.1) is 11.8 Å². The summed E-state index contributed by atoms with van der Waals surface area (Å²) >= 11 is 0.981. The summed E-state index contributed by atoms with van der Waals surface area (Å²) in [5.74, 6) is -0.760. The fourth-order valence-electron chi connectivity index (χ4n) is 2.90. The minimum absolute atomic E-state index is 0.00264. The molecule has 2 N–H and O–H groups in total. The number of hydrogen-bond donors (Lipinski definition) is 2. The highest BCUT2D eigenvalue weighted by Crippen LogP contribution is 2.33. The Morgan fingerprint density at radius 2 is 2.00 bits per heavy atom. The molecule has 0 radical (unpaired) electrons. The summed E-state index contributed by atoms with van der Waals surface area (Å²) in [4.78, 5) is 37.6. The Morgan fingerprint density at radius 1 is 1.29 bits per heavy atom. The van der Waals surface area contributed by atoms with E-state index < -0.39 is 12.3 Å². The third-order valence-electron chi connectivity index (χ3n) is 4.72. The van der Waals surface area contributed by atoms with Crippen LogP contribution in [0.25, 0.3) is 0 Å². The van der Waals surface area contributed by atoms with Crippen LogP contribution in [-0.2, 0) is 9.53 Å². The quantitative estimate of drug-likeness (QED) is 0.605. The molecule has 0 bridgehead atoms. The first kappa shape index (κ1) is 22.1. The van der Waals surface area contributed by atoms with Crippen molar-refractivity contribution in [1.29, 1.82) is 0 Å². The van der Waals surface area contributed by atoms with E-state index >= 15 is 0 Å². The molecule has 1 aromatic carbocycles. The number of thioether (sulfide) groups is 1. The lowest BCUT2D eigenvalue weighted by atomic mass is 9.94. The lowest BCUT2D eigenvalue weighted by molar-refractivity contribution is -0.131. The van der Waals surface area contributed by atoms with E-state index in [9.17, 15) is 19.5 Å². The van der Waals surface area contributed by atoms with Crippen molar-refractivity contribution in [1.82, 2.24) is 5.32 Å². The van der Waals surface area contributed by atoms with Crippen LogP contribution in [-0.4, -0.2) is 54.9 Å². The largest absolute Gasteiger partial charge is 0.496 e. The van der Waals surface area contributed by atoms with E-state index in [2.05, 4.69) is 5.32 Å². The number of allylic oxidation sites excluding steroid dienone is 2. The number of carbonyl (C=O) groups excluding carboxylic acids is 3. The van der Waals surface area contributed by atoms with Crippen molar-refractivity contribution in [2.24, 2.45) is 5.92 Å². The van der Waals surface area contributed by atoms with E-state index in [-0.39, 0.29) is 39.6 Å². The first-order chi connectivity index (χ1) is 13.3. The van der Waals surface area contributed by atoms with Crippen molar-refractivity contribution in [3.8, 4) is 5.75 Å². The molecule has 1 aliphatic rings. The smallest absolute Gasteiger partial charge is 0.230 e. The fraction of sp³-hybridized carbons (Fsp3) is 0.450. The number of ether oxygens (including phenoxy) is 2. The number of benzene rings is 1. The van der Waals surface area contributed by atoms with E-state index in [1.807, 2.05) is 13.8 Å². The third kappa shape index (κ3) is 4.81. The van der Waals surface area contributed by atoms with E-state index in [0.29, 0.717) is 11.3 Å². The lowest BCUT2D eigenvalue weighted by Gasteiger charge is -2.28. The van der Waals surface area contributed by atoms with Crippen molar-refractivity contribution in [3.63, 3.8) is 0 Å². The van der Waals surface area contributed by atoms with Gasteiger partial charge >= 0.3 is 0 Å². The molecule has 2 rings (SSSR count). The average molecular weight is 407 g/mol. The number of methoxy groups -OCH3 is 2. The molecule has 0 aliphatic heterocycles. The van der Waals surface area contributed by atoms with Crippen molar-refractivity contribution < 1.29 is 29.0 Å². The number of carbonyl (C=O) groups is 3. The molecule has 152 valence electrons. The Labute approximate surface area is 168 Å². The molecule has 3 atom stereocenters. The van der Waals surface area contributed by atoms with Crippen LogP contribution in [0.1, 0.15) is 41.0 Å². The summed E-state index contributed by atoms with van der Waals surface area (Å²) in [6.45, 7) is 3.85. The van der Waals surface area contributed by atoms with Gasteiger partial charge in [0.05, 0.1) is 29.4 Å². The topological polar surface area (TPSA) is 102 Å². The summed E-state index contributed by atoms with van der Waals surface area (Å²) in [5.41, 5.74) is 0.505. The van der Waals surface area contributed by atoms with Gasteiger partial charge in [0, 0.05) is 18.7 Å². The molecule has 0 fully saturated rings. The molecule has 0 saturated carbocycles. The third-order valence-corrected chi connectivity index (χ3v) is 5.74. The predicted octanol–water partition coefficient (Wildman–Crippen LogP) is 2.19. The molecule has 28 heavy (non-hydrogen) atoms. The van der Waals surface area contributed by atoms with E-state index in [1.165, 1.54) is 20.3 Å². The highest BCUT2D eigenvalue weighted by atomic mass is 32.2. The van der Waals surface area contributed by atoms with E-state index in [1.54, 1.807) is 18.2 Å². The van der Waals surface area contributed by atoms with Crippen molar-refractivity contribution in [2.45, 2.75) is 32.6 Å². The van der Waals surface area contributed by atoms with Crippen molar-refractivity contribution in [3.05, 3.63) is 40.3 Å². The van der Waals surface area contributed by atoms with E-state index in [0.717, 1.165) is 18.2 Å². The Hall–Kier alpha value is -2.16. The van der Waals surface area contributed by atoms with Gasteiger partial charge in [-0.2, -0.15) is 0 Å². The SMILES string of the molecule is CCC(C)[C@H](NC(=O)CSC1=CC(=O)c2cccc(OC)c2C1=O)C(O)OC. The van der Waals surface area contributed by atoms with Gasteiger partial charge < -0.3 is 19.9 Å². The van der Waals surface area contributed by atoms with Gasteiger partial charge in [0.1, 0.15) is 5.75 Å². The summed E-state index contributed by atoms with van der Waals surface area (Å²) in [6, 6.07) is 4.28. The molecule has 0 heterocycles. The number of fused-ring (bicyclic) bond motifs is 1. The molecule has 0 aromatic heterocycles. The van der Waals surface area contributed by atoms with Crippen LogP contribution < -0.4 is 10.1 Å². The monoisotopic (exact) mass is 407 g/mol. The summed E-state index contributed by atoms with van der Waals surface area (Å²) in [5, 5.41) is 12.7. The highest BCUT2D eigenvalue weighted by molar-refractivity contribution is 8.04. The van der Waals surface area contributed by atoms with Gasteiger partial charge in [0.15, 0.2) is 12.1 Å². The minimum Gasteiger partial charge on any atom is -0.496 e. The molecule has 8 heteroatoms. The lowest BCUT2D eigenvalue weighted by Crippen LogP contribution is -2.48. The number of hydrogen-bond acceptors (Lipinski definition) is 7.